The summed E-state index contributed by atoms with van der Waals surface area (Å²) in [6.45, 7) is 5.32. The van der Waals surface area contributed by atoms with Crippen LogP contribution in [0.15, 0.2) is 0 Å². The third-order valence-corrected chi connectivity index (χ3v) is 3.52. The lowest BCUT2D eigenvalue weighted by molar-refractivity contribution is 0.324. The first-order valence-electron chi connectivity index (χ1n) is 7.30. The molecule has 1 aliphatic carbocycles. The van der Waals surface area contributed by atoms with Crippen molar-refractivity contribution in [3.63, 3.8) is 0 Å². The van der Waals surface area contributed by atoms with Crippen molar-refractivity contribution in [3.8, 4) is 5.88 Å². The van der Waals surface area contributed by atoms with Crippen molar-refractivity contribution in [1.29, 1.82) is 0 Å². The van der Waals surface area contributed by atoms with Crippen molar-refractivity contribution >= 4 is 11.5 Å². The van der Waals surface area contributed by atoms with Crippen LogP contribution in [0, 0.1) is 0 Å². The zero-order chi connectivity index (χ0) is 13.7. The molecule has 1 fully saturated rings. The Hall–Kier alpha value is -1.52. The Morgan fingerprint density at radius 3 is 2.58 bits per heavy atom. The summed E-state index contributed by atoms with van der Waals surface area (Å²) in [5, 5.41) is 3.20. The fourth-order valence-corrected chi connectivity index (χ4v) is 2.56. The number of ether oxygens (including phenoxy) is 1. The first kappa shape index (κ1) is 13.9. The Labute approximate surface area is 115 Å². The van der Waals surface area contributed by atoms with Crippen molar-refractivity contribution in [3.05, 3.63) is 5.82 Å². The van der Waals surface area contributed by atoms with Gasteiger partial charge in [-0.05, 0) is 26.7 Å². The van der Waals surface area contributed by atoms with Crippen LogP contribution >= 0.6 is 0 Å². The van der Waals surface area contributed by atoms with E-state index in [9.17, 15) is 0 Å². The van der Waals surface area contributed by atoms with Gasteiger partial charge in [0.05, 0.1) is 6.61 Å². The number of hydrogen-bond donors (Lipinski definition) is 2. The molecular formula is C14H24N4O. The summed E-state index contributed by atoms with van der Waals surface area (Å²) >= 11 is 0. The number of rotatable bonds is 5. The van der Waals surface area contributed by atoms with Gasteiger partial charge in [0.1, 0.15) is 11.5 Å². The van der Waals surface area contributed by atoms with Crippen LogP contribution in [0.4, 0.5) is 11.5 Å². The first-order valence-corrected chi connectivity index (χ1v) is 7.30. The van der Waals surface area contributed by atoms with Gasteiger partial charge in [0.2, 0.25) is 5.88 Å². The standard InChI is InChI=1S/C14H24N4O/c1-3-16-13-11(15)14(19-4-2)18-12(17-13)10-8-6-5-7-9-10/h10H,3-9,15H2,1-2H3,(H,16,17,18). The van der Waals surface area contributed by atoms with Gasteiger partial charge in [-0.2, -0.15) is 4.98 Å². The molecule has 1 aromatic rings. The summed E-state index contributed by atoms with van der Waals surface area (Å²) in [7, 11) is 0. The van der Waals surface area contributed by atoms with Crippen LogP contribution in [-0.2, 0) is 0 Å². The molecule has 0 atom stereocenters. The van der Waals surface area contributed by atoms with Crippen molar-refractivity contribution in [2.75, 3.05) is 24.2 Å². The lowest BCUT2D eigenvalue weighted by Crippen LogP contribution is -2.14. The first-order chi connectivity index (χ1) is 9.26. The highest BCUT2D eigenvalue weighted by Crippen LogP contribution is 2.34. The molecular weight excluding hydrogens is 240 g/mol. The lowest BCUT2D eigenvalue weighted by Gasteiger charge is -2.22. The zero-order valence-electron chi connectivity index (χ0n) is 11.9. The molecule has 0 bridgehead atoms. The number of aromatic nitrogens is 2. The van der Waals surface area contributed by atoms with Crippen molar-refractivity contribution in [2.24, 2.45) is 0 Å². The number of nitrogen functional groups attached to an aromatic ring is 1. The highest BCUT2D eigenvalue weighted by atomic mass is 16.5. The van der Waals surface area contributed by atoms with Gasteiger partial charge < -0.3 is 15.8 Å². The van der Waals surface area contributed by atoms with E-state index in [2.05, 4.69) is 15.3 Å². The highest BCUT2D eigenvalue weighted by molar-refractivity contribution is 5.67. The SMILES string of the molecule is CCNc1nc(C2CCCCC2)nc(OCC)c1N. The van der Waals surface area contributed by atoms with Gasteiger partial charge in [-0.15, -0.1) is 0 Å². The van der Waals surface area contributed by atoms with Crippen LogP contribution in [0.2, 0.25) is 0 Å². The largest absolute Gasteiger partial charge is 0.476 e. The van der Waals surface area contributed by atoms with Gasteiger partial charge in [-0.3, -0.25) is 0 Å². The van der Waals surface area contributed by atoms with E-state index in [1.54, 1.807) is 0 Å². The number of hydrogen-bond acceptors (Lipinski definition) is 5. The fourth-order valence-electron chi connectivity index (χ4n) is 2.56. The van der Waals surface area contributed by atoms with Gasteiger partial charge in [0.15, 0.2) is 5.82 Å². The summed E-state index contributed by atoms with van der Waals surface area (Å²) in [6.07, 6.45) is 6.18. The van der Waals surface area contributed by atoms with Crippen molar-refractivity contribution < 1.29 is 4.74 Å². The van der Waals surface area contributed by atoms with E-state index in [-0.39, 0.29) is 0 Å². The Balaban J connectivity index is 2.30. The molecule has 5 nitrogen and oxygen atoms in total. The normalized spacial score (nSPS) is 16.3. The summed E-state index contributed by atoms with van der Waals surface area (Å²) < 4.78 is 5.54. The number of nitrogens with one attached hydrogen (secondary N) is 1. The van der Waals surface area contributed by atoms with E-state index in [1.807, 2.05) is 13.8 Å². The molecule has 1 saturated carbocycles. The topological polar surface area (TPSA) is 73.1 Å². The Morgan fingerprint density at radius 2 is 1.95 bits per heavy atom. The predicted molar refractivity (Wildman–Crippen MR) is 77.6 cm³/mol. The molecule has 0 aromatic carbocycles. The lowest BCUT2D eigenvalue weighted by atomic mass is 9.88. The van der Waals surface area contributed by atoms with E-state index in [0.717, 1.165) is 12.4 Å². The molecule has 1 aromatic heterocycles. The minimum atomic E-state index is 0.450. The number of nitrogens with two attached hydrogens (primary N) is 1. The second-order valence-electron chi connectivity index (χ2n) is 4.95. The van der Waals surface area contributed by atoms with E-state index >= 15 is 0 Å². The molecule has 3 N–H and O–H groups in total. The van der Waals surface area contributed by atoms with E-state index < -0.39 is 0 Å². The van der Waals surface area contributed by atoms with Crippen LogP contribution in [-0.4, -0.2) is 23.1 Å². The molecule has 19 heavy (non-hydrogen) atoms. The molecule has 0 spiro atoms. The van der Waals surface area contributed by atoms with Crippen molar-refractivity contribution in [2.45, 2.75) is 51.9 Å². The summed E-state index contributed by atoms with van der Waals surface area (Å²) in [5.41, 5.74) is 6.56. The van der Waals surface area contributed by atoms with Crippen LogP contribution in [0.5, 0.6) is 5.88 Å². The zero-order valence-corrected chi connectivity index (χ0v) is 11.9. The minimum Gasteiger partial charge on any atom is -0.476 e. The van der Waals surface area contributed by atoms with Gasteiger partial charge in [-0.1, -0.05) is 19.3 Å². The van der Waals surface area contributed by atoms with Crippen LogP contribution in [0.3, 0.4) is 0 Å². The maximum absolute atomic E-state index is 6.04. The average Bonchev–Trinajstić information content (AvgIpc) is 2.44. The molecule has 0 unspecified atom stereocenters. The van der Waals surface area contributed by atoms with E-state index in [4.69, 9.17) is 10.5 Å². The predicted octanol–water partition coefficient (Wildman–Crippen LogP) is 2.94. The Kier molecular flexibility index (Phi) is 4.82. The smallest absolute Gasteiger partial charge is 0.242 e. The third-order valence-electron chi connectivity index (χ3n) is 3.52. The average molecular weight is 264 g/mol. The van der Waals surface area contributed by atoms with Gasteiger partial charge in [0, 0.05) is 12.5 Å². The summed E-state index contributed by atoms with van der Waals surface area (Å²) in [6, 6.07) is 0. The van der Waals surface area contributed by atoms with Crippen LogP contribution in [0.1, 0.15) is 57.7 Å². The van der Waals surface area contributed by atoms with Gasteiger partial charge in [-0.25, -0.2) is 4.98 Å². The molecule has 106 valence electrons. The molecule has 0 aliphatic heterocycles. The van der Waals surface area contributed by atoms with E-state index in [0.29, 0.717) is 29.9 Å². The summed E-state index contributed by atoms with van der Waals surface area (Å²) in [5.74, 6) is 2.56. The van der Waals surface area contributed by atoms with Crippen molar-refractivity contribution in [1.82, 2.24) is 9.97 Å². The number of anilines is 2. The van der Waals surface area contributed by atoms with Gasteiger partial charge in [0.25, 0.3) is 0 Å². The highest BCUT2D eigenvalue weighted by Gasteiger charge is 2.21. The third kappa shape index (κ3) is 3.28. The molecule has 0 radical (unpaired) electrons. The number of nitrogens with zero attached hydrogens (tertiary/aromatic N) is 2. The molecule has 1 heterocycles. The summed E-state index contributed by atoms with van der Waals surface area (Å²) in [4.78, 5) is 9.13. The minimum absolute atomic E-state index is 0.450. The molecule has 5 heteroatoms. The quantitative estimate of drug-likeness (QED) is 0.855. The maximum atomic E-state index is 6.04. The fraction of sp³-hybridized carbons (Fsp3) is 0.714. The molecule has 0 amide bonds. The van der Waals surface area contributed by atoms with Crippen LogP contribution in [0.25, 0.3) is 0 Å². The van der Waals surface area contributed by atoms with Crippen LogP contribution < -0.4 is 15.8 Å². The second-order valence-corrected chi connectivity index (χ2v) is 4.95. The Morgan fingerprint density at radius 1 is 1.21 bits per heavy atom. The monoisotopic (exact) mass is 264 g/mol. The van der Waals surface area contributed by atoms with E-state index in [1.165, 1.54) is 32.1 Å². The molecule has 2 rings (SSSR count). The molecule has 1 aliphatic rings. The second kappa shape index (κ2) is 6.59. The molecule has 0 saturated heterocycles. The maximum Gasteiger partial charge on any atom is 0.242 e. The van der Waals surface area contributed by atoms with Gasteiger partial charge >= 0.3 is 0 Å². The Bertz CT molecular complexity index is 389.